The second-order valence-corrected chi connectivity index (χ2v) is 8.41. The van der Waals surface area contributed by atoms with E-state index >= 15 is 0 Å². The predicted octanol–water partition coefficient (Wildman–Crippen LogP) is 3.90. The Labute approximate surface area is 187 Å². The highest BCUT2D eigenvalue weighted by atomic mass is 19.1. The van der Waals surface area contributed by atoms with Crippen molar-refractivity contribution in [1.29, 1.82) is 0 Å². The summed E-state index contributed by atoms with van der Waals surface area (Å²) >= 11 is 0. The van der Waals surface area contributed by atoms with E-state index in [0.29, 0.717) is 37.7 Å². The first-order valence-corrected chi connectivity index (χ1v) is 11.2. The number of hydrogen-bond donors (Lipinski definition) is 1. The van der Waals surface area contributed by atoms with E-state index in [1.165, 1.54) is 12.1 Å². The summed E-state index contributed by atoms with van der Waals surface area (Å²) in [5.74, 6) is 0.127. The molecule has 32 heavy (non-hydrogen) atoms. The molecule has 2 aromatic carbocycles. The smallest absolute Gasteiger partial charge is 0.260 e. The van der Waals surface area contributed by atoms with Crippen molar-refractivity contribution in [3.05, 3.63) is 59.9 Å². The summed E-state index contributed by atoms with van der Waals surface area (Å²) in [7, 11) is 0. The quantitative estimate of drug-likeness (QED) is 0.740. The van der Waals surface area contributed by atoms with Crippen LogP contribution in [0, 0.1) is 5.82 Å². The van der Waals surface area contributed by atoms with Crippen LogP contribution in [-0.4, -0.2) is 49.6 Å². The Hall–Kier alpha value is -2.93. The number of rotatable bonds is 6. The summed E-state index contributed by atoms with van der Waals surface area (Å²) in [6.07, 6.45) is 4.53. The molecule has 0 radical (unpaired) electrons. The number of carbonyl (C=O) groups excluding carboxylic acids is 2. The molecule has 1 heterocycles. The molecule has 2 fully saturated rings. The van der Waals surface area contributed by atoms with Gasteiger partial charge in [0.1, 0.15) is 11.6 Å². The van der Waals surface area contributed by atoms with E-state index in [2.05, 4.69) is 5.32 Å². The van der Waals surface area contributed by atoms with Gasteiger partial charge in [0, 0.05) is 18.8 Å². The third-order valence-electron chi connectivity index (χ3n) is 6.38. The average Bonchev–Trinajstić information content (AvgIpc) is 2.84. The van der Waals surface area contributed by atoms with Crippen LogP contribution in [0.4, 0.5) is 10.1 Å². The second-order valence-electron chi connectivity index (χ2n) is 8.41. The van der Waals surface area contributed by atoms with E-state index in [1.807, 2.05) is 0 Å². The first-order valence-electron chi connectivity index (χ1n) is 11.2. The molecule has 2 aliphatic rings. The molecule has 170 valence electrons. The topological polar surface area (TPSA) is 67.9 Å². The molecule has 1 N–H and O–H groups in total. The van der Waals surface area contributed by atoms with E-state index in [0.717, 1.165) is 37.7 Å². The molecule has 1 aliphatic heterocycles. The Kier molecular flexibility index (Phi) is 7.05. The van der Waals surface area contributed by atoms with Crippen LogP contribution in [0.1, 0.15) is 37.7 Å². The van der Waals surface area contributed by atoms with Gasteiger partial charge in [-0.15, -0.1) is 0 Å². The van der Waals surface area contributed by atoms with Crippen LogP contribution in [-0.2, 0) is 19.7 Å². The average molecular weight is 441 g/mol. The molecule has 1 aliphatic carbocycles. The molecule has 0 atom stereocenters. The van der Waals surface area contributed by atoms with Gasteiger partial charge >= 0.3 is 0 Å². The van der Waals surface area contributed by atoms with Gasteiger partial charge in [-0.05, 0) is 54.8 Å². The normalized spacial score (nSPS) is 18.1. The predicted molar refractivity (Wildman–Crippen MR) is 119 cm³/mol. The number of benzene rings is 2. The highest BCUT2D eigenvalue weighted by molar-refractivity contribution is 5.99. The lowest BCUT2D eigenvalue weighted by molar-refractivity contribution is -0.137. The summed E-state index contributed by atoms with van der Waals surface area (Å²) in [5.41, 5.74) is 0.873. The number of halogens is 1. The summed E-state index contributed by atoms with van der Waals surface area (Å²) in [6, 6.07) is 13.3. The van der Waals surface area contributed by atoms with Crippen LogP contribution >= 0.6 is 0 Å². The summed E-state index contributed by atoms with van der Waals surface area (Å²) in [4.78, 5) is 27.3. The van der Waals surface area contributed by atoms with Crippen molar-refractivity contribution in [1.82, 2.24) is 4.90 Å². The third-order valence-corrected chi connectivity index (χ3v) is 6.38. The lowest BCUT2D eigenvalue weighted by Gasteiger charge is -2.36. The first-order chi connectivity index (χ1) is 15.6. The molecule has 0 unspecified atom stereocenters. The number of ether oxygens (including phenoxy) is 2. The van der Waals surface area contributed by atoms with Gasteiger partial charge in [-0.2, -0.15) is 0 Å². The SMILES string of the molecule is O=C(COc1ccc(NC(=O)C2(c3ccc(F)cc3)CCCCC2)cc1)N1CCOCC1. The number of hydrogen-bond acceptors (Lipinski definition) is 4. The van der Waals surface area contributed by atoms with Crippen LogP contribution < -0.4 is 10.1 Å². The Morgan fingerprint density at radius 1 is 0.969 bits per heavy atom. The van der Waals surface area contributed by atoms with Gasteiger partial charge < -0.3 is 19.7 Å². The minimum Gasteiger partial charge on any atom is -0.484 e. The maximum Gasteiger partial charge on any atom is 0.260 e. The van der Waals surface area contributed by atoms with Crippen LogP contribution in [0.3, 0.4) is 0 Å². The van der Waals surface area contributed by atoms with Crippen molar-refractivity contribution in [3.8, 4) is 5.75 Å². The van der Waals surface area contributed by atoms with Crippen molar-refractivity contribution >= 4 is 17.5 Å². The fourth-order valence-corrected chi connectivity index (χ4v) is 4.51. The van der Waals surface area contributed by atoms with E-state index in [-0.39, 0.29) is 24.2 Å². The standard InChI is InChI=1S/C25H29FN2O4/c26-20-6-4-19(5-7-20)25(12-2-1-3-13-25)24(30)27-21-8-10-22(11-9-21)32-18-23(29)28-14-16-31-17-15-28/h4-11H,1-3,12-18H2,(H,27,30). The number of morpholine rings is 1. The maximum absolute atomic E-state index is 13.4. The van der Waals surface area contributed by atoms with Crippen LogP contribution in [0.5, 0.6) is 5.75 Å². The molecule has 2 aromatic rings. The molecule has 0 spiro atoms. The minimum atomic E-state index is -0.647. The zero-order valence-corrected chi connectivity index (χ0v) is 18.1. The lowest BCUT2D eigenvalue weighted by Crippen LogP contribution is -2.43. The van der Waals surface area contributed by atoms with E-state index in [1.54, 1.807) is 41.3 Å². The van der Waals surface area contributed by atoms with Crippen molar-refractivity contribution in [2.45, 2.75) is 37.5 Å². The van der Waals surface area contributed by atoms with Crippen LogP contribution in [0.15, 0.2) is 48.5 Å². The van der Waals surface area contributed by atoms with Gasteiger partial charge in [0.15, 0.2) is 6.61 Å². The van der Waals surface area contributed by atoms with E-state index < -0.39 is 5.41 Å². The zero-order valence-electron chi connectivity index (χ0n) is 18.1. The molecule has 2 amide bonds. The highest BCUT2D eigenvalue weighted by Gasteiger charge is 2.41. The molecular weight excluding hydrogens is 411 g/mol. The second kappa shape index (κ2) is 10.1. The zero-order chi connectivity index (χ0) is 22.4. The molecule has 1 saturated heterocycles. The van der Waals surface area contributed by atoms with E-state index in [9.17, 15) is 14.0 Å². The number of anilines is 1. The summed E-state index contributed by atoms with van der Waals surface area (Å²) in [5, 5.41) is 3.03. The van der Waals surface area contributed by atoms with Crippen molar-refractivity contribution in [3.63, 3.8) is 0 Å². The Balaban J connectivity index is 1.38. The first kappa shape index (κ1) is 22.3. The largest absolute Gasteiger partial charge is 0.484 e. The fraction of sp³-hybridized carbons (Fsp3) is 0.440. The molecule has 7 heteroatoms. The van der Waals surface area contributed by atoms with Gasteiger partial charge in [-0.1, -0.05) is 31.4 Å². The Morgan fingerprint density at radius 2 is 1.62 bits per heavy atom. The van der Waals surface area contributed by atoms with Gasteiger partial charge in [-0.3, -0.25) is 9.59 Å². The van der Waals surface area contributed by atoms with E-state index in [4.69, 9.17) is 9.47 Å². The molecule has 6 nitrogen and oxygen atoms in total. The molecule has 0 aromatic heterocycles. The monoisotopic (exact) mass is 440 g/mol. The lowest BCUT2D eigenvalue weighted by atomic mass is 9.68. The fourth-order valence-electron chi connectivity index (χ4n) is 4.51. The summed E-state index contributed by atoms with van der Waals surface area (Å²) in [6.45, 7) is 2.25. The van der Waals surface area contributed by atoms with Crippen molar-refractivity contribution in [2.24, 2.45) is 0 Å². The maximum atomic E-state index is 13.4. The molecule has 4 rings (SSSR count). The van der Waals surface area contributed by atoms with Crippen molar-refractivity contribution in [2.75, 3.05) is 38.2 Å². The number of amides is 2. The van der Waals surface area contributed by atoms with Gasteiger partial charge in [-0.25, -0.2) is 4.39 Å². The minimum absolute atomic E-state index is 0.0284. The highest BCUT2D eigenvalue weighted by Crippen LogP contribution is 2.40. The molecule has 1 saturated carbocycles. The molecular formula is C25H29FN2O4. The van der Waals surface area contributed by atoms with Crippen LogP contribution in [0.25, 0.3) is 0 Å². The third kappa shape index (κ3) is 5.10. The summed E-state index contributed by atoms with van der Waals surface area (Å²) < 4.78 is 24.3. The number of carbonyl (C=O) groups is 2. The van der Waals surface area contributed by atoms with Gasteiger partial charge in [0.2, 0.25) is 5.91 Å². The number of nitrogens with zero attached hydrogens (tertiary/aromatic N) is 1. The van der Waals surface area contributed by atoms with Gasteiger partial charge in [0.05, 0.1) is 18.6 Å². The molecule has 0 bridgehead atoms. The van der Waals surface area contributed by atoms with Crippen molar-refractivity contribution < 1.29 is 23.5 Å². The van der Waals surface area contributed by atoms with Gasteiger partial charge in [0.25, 0.3) is 5.91 Å². The Bertz CT molecular complexity index is 918. The van der Waals surface area contributed by atoms with Crippen LogP contribution in [0.2, 0.25) is 0 Å². The number of nitrogens with one attached hydrogen (secondary N) is 1. The Morgan fingerprint density at radius 3 is 2.28 bits per heavy atom.